The fraction of sp³-hybridized carbons (Fsp3) is 0.125. The molecule has 0 saturated carbocycles. The van der Waals surface area contributed by atoms with E-state index in [0.29, 0.717) is 13.1 Å². The second-order valence-corrected chi connectivity index (χ2v) is 7.42. The van der Waals surface area contributed by atoms with Crippen LogP contribution in [0.4, 0.5) is 11.4 Å². The summed E-state index contributed by atoms with van der Waals surface area (Å²) in [4.78, 5) is 4.78. The van der Waals surface area contributed by atoms with Crippen molar-refractivity contribution in [2.24, 2.45) is 4.99 Å². The first-order chi connectivity index (χ1) is 14.3. The molecule has 0 aliphatic carbocycles. The highest BCUT2D eigenvalue weighted by molar-refractivity contribution is 6.14. The van der Waals surface area contributed by atoms with Crippen LogP contribution < -0.4 is 20.7 Å². The maximum atomic E-state index is 6.00. The number of aliphatic imine (C=N–C) groups is 1. The normalized spacial score (nSPS) is 19.4. The first kappa shape index (κ1) is 16.2. The van der Waals surface area contributed by atoms with Gasteiger partial charge in [-0.2, -0.15) is 0 Å². The van der Waals surface area contributed by atoms with E-state index in [9.17, 15) is 0 Å². The minimum atomic E-state index is -0.184. The first-order valence-electron chi connectivity index (χ1n) is 9.84. The van der Waals surface area contributed by atoms with Gasteiger partial charge in [0.2, 0.25) is 6.23 Å². The summed E-state index contributed by atoms with van der Waals surface area (Å²) in [5.74, 6) is 1.82. The molecule has 3 N–H and O–H groups in total. The second-order valence-electron chi connectivity index (χ2n) is 7.42. The van der Waals surface area contributed by atoms with Gasteiger partial charge in [-0.25, -0.2) is 0 Å². The summed E-state index contributed by atoms with van der Waals surface area (Å²) in [7, 11) is 0. The lowest BCUT2D eigenvalue weighted by molar-refractivity contribution is 0.280. The molecule has 142 valence electrons. The molecule has 3 aromatic carbocycles. The van der Waals surface area contributed by atoms with E-state index in [4.69, 9.17) is 9.73 Å². The molecule has 3 aromatic rings. The Balaban J connectivity index is 1.25. The standard InChI is InChI=1S/C24H20N4O/c1-2-6-18-15(5-1)9-10-16-13-26-23(28-22(16)18)17-11-12-20(25-14-17)24-27-19-7-3-4-8-21(19)29-24/h1-12,24-25,27H,13-14H2,(H,26,28). The molecule has 3 aliphatic rings. The number of anilines is 2. The summed E-state index contributed by atoms with van der Waals surface area (Å²) in [6, 6.07) is 20.8. The number of ether oxygens (including phenoxy) is 1. The van der Waals surface area contributed by atoms with Gasteiger partial charge in [0, 0.05) is 17.5 Å². The third kappa shape index (κ3) is 2.74. The Bertz CT molecular complexity index is 1200. The zero-order valence-electron chi connectivity index (χ0n) is 15.8. The molecule has 5 nitrogen and oxygen atoms in total. The summed E-state index contributed by atoms with van der Waals surface area (Å²) < 4.78 is 6.00. The number of nitrogens with zero attached hydrogens (tertiary/aromatic N) is 1. The number of hydrogen-bond donors (Lipinski definition) is 3. The van der Waals surface area contributed by atoms with Crippen LogP contribution in [0.5, 0.6) is 5.75 Å². The molecule has 0 aromatic heterocycles. The number of dihydropyridines is 1. The molecule has 29 heavy (non-hydrogen) atoms. The molecule has 0 radical (unpaired) electrons. The Kier molecular flexibility index (Phi) is 3.59. The van der Waals surface area contributed by atoms with Gasteiger partial charge in [-0.3, -0.25) is 4.99 Å². The van der Waals surface area contributed by atoms with Crippen LogP contribution in [0.15, 0.2) is 89.1 Å². The lowest BCUT2D eigenvalue weighted by atomic mass is 10.0. The van der Waals surface area contributed by atoms with E-state index in [1.165, 1.54) is 22.0 Å². The maximum absolute atomic E-state index is 6.00. The molecule has 6 rings (SSSR count). The van der Waals surface area contributed by atoms with E-state index in [-0.39, 0.29) is 6.23 Å². The third-order valence-corrected chi connectivity index (χ3v) is 5.62. The van der Waals surface area contributed by atoms with Gasteiger partial charge in [0.25, 0.3) is 0 Å². The third-order valence-electron chi connectivity index (χ3n) is 5.62. The molecule has 1 atom stereocenters. The lowest BCUT2D eigenvalue weighted by Gasteiger charge is -2.25. The zero-order chi connectivity index (χ0) is 19.2. The van der Waals surface area contributed by atoms with Gasteiger partial charge >= 0.3 is 0 Å². The molecule has 1 unspecified atom stereocenters. The topological polar surface area (TPSA) is 57.7 Å². The van der Waals surface area contributed by atoms with E-state index in [2.05, 4.69) is 64.5 Å². The van der Waals surface area contributed by atoms with Crippen molar-refractivity contribution in [1.82, 2.24) is 5.32 Å². The molecule has 0 amide bonds. The van der Waals surface area contributed by atoms with Crippen LogP contribution in [0, 0.1) is 0 Å². The quantitative estimate of drug-likeness (QED) is 0.616. The highest BCUT2D eigenvalue weighted by atomic mass is 16.5. The minimum Gasteiger partial charge on any atom is -0.463 e. The first-order valence-corrected chi connectivity index (χ1v) is 9.84. The number of rotatable bonds is 2. The Morgan fingerprint density at radius 2 is 1.83 bits per heavy atom. The molecule has 3 heterocycles. The Hall–Kier alpha value is -3.73. The largest absolute Gasteiger partial charge is 0.463 e. The lowest BCUT2D eigenvalue weighted by Crippen LogP contribution is -2.36. The van der Waals surface area contributed by atoms with Crippen molar-refractivity contribution in [2.45, 2.75) is 12.8 Å². The predicted molar refractivity (Wildman–Crippen MR) is 117 cm³/mol. The summed E-state index contributed by atoms with van der Waals surface area (Å²) in [6.07, 6.45) is 4.02. The van der Waals surface area contributed by atoms with Crippen molar-refractivity contribution in [1.29, 1.82) is 0 Å². The number of para-hydroxylation sites is 2. The Labute approximate surface area is 168 Å². The average Bonchev–Trinajstić information content (AvgIpc) is 3.23. The molecular weight excluding hydrogens is 360 g/mol. The van der Waals surface area contributed by atoms with Crippen molar-refractivity contribution in [3.8, 4) is 5.75 Å². The number of hydrogen-bond acceptors (Lipinski definition) is 5. The highest BCUT2D eigenvalue weighted by Gasteiger charge is 2.26. The summed E-state index contributed by atoms with van der Waals surface area (Å²) in [5.41, 5.74) is 5.58. The van der Waals surface area contributed by atoms with E-state index in [1.807, 2.05) is 24.3 Å². The van der Waals surface area contributed by atoms with Crippen LogP contribution in [-0.2, 0) is 6.54 Å². The van der Waals surface area contributed by atoms with Crippen LogP contribution in [0.2, 0.25) is 0 Å². The van der Waals surface area contributed by atoms with E-state index in [0.717, 1.165) is 28.5 Å². The molecule has 0 spiro atoms. The molecule has 5 heteroatoms. The van der Waals surface area contributed by atoms with Crippen molar-refractivity contribution in [3.05, 3.63) is 89.6 Å². The van der Waals surface area contributed by atoms with Crippen molar-refractivity contribution in [2.75, 3.05) is 17.2 Å². The summed E-state index contributed by atoms with van der Waals surface area (Å²) in [5, 5.41) is 12.9. The number of allylic oxidation sites excluding steroid dienone is 2. The van der Waals surface area contributed by atoms with Crippen LogP contribution in [0.1, 0.15) is 5.56 Å². The average molecular weight is 380 g/mol. The van der Waals surface area contributed by atoms with E-state index < -0.39 is 0 Å². The highest BCUT2D eigenvalue weighted by Crippen LogP contribution is 2.34. The second kappa shape index (κ2) is 6.41. The Morgan fingerprint density at radius 1 is 0.931 bits per heavy atom. The number of fused-ring (bicyclic) bond motifs is 4. The molecular formula is C24H20N4O. The smallest absolute Gasteiger partial charge is 0.211 e. The van der Waals surface area contributed by atoms with Crippen LogP contribution in [-0.4, -0.2) is 18.6 Å². The monoisotopic (exact) mass is 380 g/mol. The van der Waals surface area contributed by atoms with Gasteiger partial charge in [-0.1, -0.05) is 54.6 Å². The van der Waals surface area contributed by atoms with Gasteiger partial charge in [0.15, 0.2) is 0 Å². The molecule has 3 aliphatic heterocycles. The van der Waals surface area contributed by atoms with Crippen LogP contribution in [0.3, 0.4) is 0 Å². The van der Waals surface area contributed by atoms with Crippen LogP contribution >= 0.6 is 0 Å². The maximum Gasteiger partial charge on any atom is 0.211 e. The number of benzene rings is 3. The molecule has 0 fully saturated rings. The van der Waals surface area contributed by atoms with Crippen molar-refractivity contribution >= 4 is 28.0 Å². The van der Waals surface area contributed by atoms with Gasteiger partial charge < -0.3 is 20.7 Å². The minimum absolute atomic E-state index is 0.184. The van der Waals surface area contributed by atoms with Gasteiger partial charge in [-0.05, 0) is 29.2 Å². The summed E-state index contributed by atoms with van der Waals surface area (Å²) in [6.45, 7) is 1.40. The zero-order valence-corrected chi connectivity index (χ0v) is 15.8. The van der Waals surface area contributed by atoms with Crippen molar-refractivity contribution < 1.29 is 4.74 Å². The van der Waals surface area contributed by atoms with Gasteiger partial charge in [-0.15, -0.1) is 0 Å². The van der Waals surface area contributed by atoms with E-state index >= 15 is 0 Å². The number of amidine groups is 1. The van der Waals surface area contributed by atoms with Gasteiger partial charge in [0.1, 0.15) is 11.6 Å². The number of nitrogens with one attached hydrogen (secondary N) is 3. The molecule has 0 saturated heterocycles. The van der Waals surface area contributed by atoms with Crippen molar-refractivity contribution in [3.63, 3.8) is 0 Å². The SMILES string of the molecule is C1=C(C2=NCc3ccc4ccccc4c3N2)CNC(C2Nc3ccccc3O2)=C1. The Morgan fingerprint density at radius 3 is 2.72 bits per heavy atom. The van der Waals surface area contributed by atoms with Crippen LogP contribution in [0.25, 0.3) is 10.8 Å². The fourth-order valence-electron chi connectivity index (χ4n) is 4.08. The predicted octanol–water partition coefficient (Wildman–Crippen LogP) is 4.41. The summed E-state index contributed by atoms with van der Waals surface area (Å²) >= 11 is 0. The molecule has 0 bridgehead atoms. The fourth-order valence-corrected chi connectivity index (χ4v) is 4.08. The van der Waals surface area contributed by atoms with E-state index in [1.54, 1.807) is 0 Å². The van der Waals surface area contributed by atoms with Gasteiger partial charge in [0.05, 0.1) is 23.6 Å².